The molecule has 1 N–H and O–H groups in total. The summed E-state index contributed by atoms with van der Waals surface area (Å²) in [6.45, 7) is 2.61. The molecule has 7 nitrogen and oxygen atoms in total. The number of aryl methyl sites for hydroxylation is 1. The summed E-state index contributed by atoms with van der Waals surface area (Å²) in [5.41, 5.74) is 3.07. The van der Waals surface area contributed by atoms with E-state index in [2.05, 4.69) is 15.4 Å². The van der Waals surface area contributed by atoms with Gasteiger partial charge >= 0.3 is 0 Å². The largest absolute Gasteiger partial charge is 0.380 e. The number of fused-ring (bicyclic) bond motifs is 1. The minimum Gasteiger partial charge on any atom is -0.380 e. The smallest absolute Gasteiger partial charge is 0.278 e. The zero-order chi connectivity index (χ0) is 15.7. The van der Waals surface area contributed by atoms with Crippen molar-refractivity contribution in [2.24, 2.45) is 7.05 Å². The minimum absolute atomic E-state index is 0.0613. The monoisotopic (exact) mass is 297 g/mol. The van der Waals surface area contributed by atoms with Gasteiger partial charge in [0.05, 0.1) is 16.5 Å². The summed E-state index contributed by atoms with van der Waals surface area (Å²) in [7, 11) is 1.89. The Morgan fingerprint density at radius 2 is 2.09 bits per heavy atom. The molecule has 7 heteroatoms. The van der Waals surface area contributed by atoms with Crippen molar-refractivity contribution >= 4 is 22.1 Å². The van der Waals surface area contributed by atoms with Gasteiger partial charge in [-0.05, 0) is 19.1 Å². The van der Waals surface area contributed by atoms with Crippen LogP contribution < -0.4 is 5.32 Å². The Bertz CT molecular complexity index is 856. The molecule has 0 saturated heterocycles. The highest BCUT2D eigenvalue weighted by Gasteiger charge is 2.14. The van der Waals surface area contributed by atoms with Crippen LogP contribution in [0, 0.1) is 17.0 Å². The molecule has 0 unspecified atom stereocenters. The molecule has 0 radical (unpaired) electrons. The van der Waals surface area contributed by atoms with Crippen LogP contribution in [0.1, 0.15) is 11.3 Å². The van der Waals surface area contributed by atoms with E-state index < -0.39 is 0 Å². The van der Waals surface area contributed by atoms with Gasteiger partial charge in [0.25, 0.3) is 5.69 Å². The maximum Gasteiger partial charge on any atom is 0.278 e. The van der Waals surface area contributed by atoms with Gasteiger partial charge in [0.15, 0.2) is 0 Å². The Labute approximate surface area is 126 Å². The molecule has 22 heavy (non-hydrogen) atoms. The second-order valence-electron chi connectivity index (χ2n) is 5.04. The molecule has 1 aromatic carbocycles. The second kappa shape index (κ2) is 5.44. The quantitative estimate of drug-likeness (QED) is 0.591. The van der Waals surface area contributed by atoms with Gasteiger partial charge in [0, 0.05) is 54.4 Å². The van der Waals surface area contributed by atoms with Gasteiger partial charge in [-0.25, -0.2) is 0 Å². The summed E-state index contributed by atoms with van der Waals surface area (Å²) < 4.78 is 1.81. The molecule has 0 aliphatic rings. The predicted molar refractivity (Wildman–Crippen MR) is 83.7 cm³/mol. The van der Waals surface area contributed by atoms with Gasteiger partial charge in [-0.1, -0.05) is 0 Å². The first-order valence-corrected chi connectivity index (χ1v) is 6.80. The standard InChI is InChI=1S/C15H15N5O2/c1-10-11(8-18-19(10)2)7-17-14-3-4-15(20(21)22)13-9-16-6-5-12(13)14/h3-6,8-9,17H,7H2,1-2H3. The van der Waals surface area contributed by atoms with E-state index >= 15 is 0 Å². The Morgan fingerprint density at radius 1 is 1.27 bits per heavy atom. The van der Waals surface area contributed by atoms with Crippen molar-refractivity contribution in [1.82, 2.24) is 14.8 Å². The Kier molecular flexibility index (Phi) is 3.46. The minimum atomic E-state index is -0.390. The number of nitro benzene ring substituents is 1. The number of pyridine rings is 1. The van der Waals surface area contributed by atoms with Gasteiger partial charge in [-0.3, -0.25) is 19.8 Å². The highest BCUT2D eigenvalue weighted by atomic mass is 16.6. The van der Waals surface area contributed by atoms with E-state index in [-0.39, 0.29) is 10.6 Å². The van der Waals surface area contributed by atoms with E-state index in [1.54, 1.807) is 18.3 Å². The second-order valence-corrected chi connectivity index (χ2v) is 5.04. The third-order valence-corrected chi connectivity index (χ3v) is 3.80. The van der Waals surface area contributed by atoms with Crippen molar-refractivity contribution < 1.29 is 4.92 Å². The first kappa shape index (κ1) is 14.0. The van der Waals surface area contributed by atoms with E-state index in [1.807, 2.05) is 24.9 Å². The van der Waals surface area contributed by atoms with Crippen molar-refractivity contribution in [2.75, 3.05) is 5.32 Å². The Hall–Kier alpha value is -2.96. The van der Waals surface area contributed by atoms with E-state index in [9.17, 15) is 10.1 Å². The summed E-state index contributed by atoms with van der Waals surface area (Å²) in [6.07, 6.45) is 4.97. The first-order valence-electron chi connectivity index (χ1n) is 6.80. The molecule has 0 spiro atoms. The summed E-state index contributed by atoms with van der Waals surface area (Å²) in [4.78, 5) is 14.7. The van der Waals surface area contributed by atoms with Crippen molar-refractivity contribution in [1.29, 1.82) is 0 Å². The normalized spacial score (nSPS) is 10.8. The van der Waals surface area contributed by atoms with E-state index in [0.717, 1.165) is 22.3 Å². The van der Waals surface area contributed by atoms with Gasteiger partial charge in [-0.2, -0.15) is 5.10 Å². The number of benzene rings is 1. The maximum absolute atomic E-state index is 11.1. The van der Waals surface area contributed by atoms with Crippen LogP contribution in [0.15, 0.2) is 36.8 Å². The van der Waals surface area contributed by atoms with E-state index in [0.29, 0.717) is 11.9 Å². The molecular weight excluding hydrogens is 282 g/mol. The summed E-state index contributed by atoms with van der Waals surface area (Å²) in [6, 6.07) is 5.01. The molecule has 0 atom stereocenters. The number of rotatable bonds is 4. The van der Waals surface area contributed by atoms with Gasteiger partial charge in [-0.15, -0.1) is 0 Å². The fourth-order valence-electron chi connectivity index (χ4n) is 2.40. The third kappa shape index (κ3) is 2.37. The van der Waals surface area contributed by atoms with Gasteiger partial charge in [0.1, 0.15) is 0 Å². The molecule has 2 aromatic heterocycles. The number of hydrogen-bond acceptors (Lipinski definition) is 5. The fourth-order valence-corrected chi connectivity index (χ4v) is 2.40. The SMILES string of the molecule is Cc1c(CNc2ccc([N+](=O)[O-])c3cnccc23)cnn1C. The number of non-ortho nitro benzene ring substituents is 1. The van der Waals surface area contributed by atoms with Gasteiger partial charge in [0.2, 0.25) is 0 Å². The zero-order valence-corrected chi connectivity index (χ0v) is 12.3. The van der Waals surface area contributed by atoms with Crippen molar-refractivity contribution in [2.45, 2.75) is 13.5 Å². The number of hydrogen-bond donors (Lipinski definition) is 1. The van der Waals surface area contributed by atoms with Crippen LogP contribution in [0.2, 0.25) is 0 Å². The molecule has 3 aromatic rings. The fraction of sp³-hybridized carbons (Fsp3) is 0.200. The van der Waals surface area contributed by atoms with Gasteiger partial charge < -0.3 is 5.32 Å². The van der Waals surface area contributed by atoms with Crippen molar-refractivity contribution in [3.63, 3.8) is 0 Å². The number of anilines is 1. The van der Waals surface area contributed by atoms with Crippen molar-refractivity contribution in [3.05, 3.63) is 58.2 Å². The number of aromatic nitrogens is 3. The van der Waals surface area contributed by atoms with Crippen LogP contribution in [0.5, 0.6) is 0 Å². The molecule has 3 rings (SSSR count). The molecular formula is C15H15N5O2. The average Bonchev–Trinajstić information content (AvgIpc) is 2.84. The van der Waals surface area contributed by atoms with E-state index in [1.165, 1.54) is 12.3 Å². The van der Waals surface area contributed by atoms with Crippen LogP contribution in [-0.2, 0) is 13.6 Å². The van der Waals surface area contributed by atoms with Crippen LogP contribution in [0.4, 0.5) is 11.4 Å². The predicted octanol–water partition coefficient (Wildman–Crippen LogP) is 2.80. The summed E-state index contributed by atoms with van der Waals surface area (Å²) in [5.74, 6) is 0. The average molecular weight is 297 g/mol. The Balaban J connectivity index is 1.96. The lowest BCUT2D eigenvalue weighted by Crippen LogP contribution is -2.02. The Morgan fingerprint density at radius 3 is 2.77 bits per heavy atom. The van der Waals surface area contributed by atoms with Crippen LogP contribution in [-0.4, -0.2) is 19.7 Å². The van der Waals surface area contributed by atoms with Crippen LogP contribution in [0.3, 0.4) is 0 Å². The maximum atomic E-state index is 11.1. The lowest BCUT2D eigenvalue weighted by molar-refractivity contribution is -0.383. The molecule has 0 amide bonds. The first-order chi connectivity index (χ1) is 10.6. The van der Waals surface area contributed by atoms with Crippen molar-refractivity contribution in [3.8, 4) is 0 Å². The van der Waals surface area contributed by atoms with Crippen LogP contribution in [0.25, 0.3) is 10.8 Å². The lowest BCUT2D eigenvalue weighted by Gasteiger charge is -2.09. The van der Waals surface area contributed by atoms with Crippen LogP contribution >= 0.6 is 0 Å². The summed E-state index contributed by atoms with van der Waals surface area (Å²) >= 11 is 0. The number of nitro groups is 1. The molecule has 0 aliphatic heterocycles. The zero-order valence-electron chi connectivity index (χ0n) is 12.3. The molecule has 0 bridgehead atoms. The molecule has 2 heterocycles. The lowest BCUT2D eigenvalue weighted by atomic mass is 10.1. The summed E-state index contributed by atoms with van der Waals surface area (Å²) in [5, 5.41) is 19.9. The topological polar surface area (TPSA) is 85.9 Å². The third-order valence-electron chi connectivity index (χ3n) is 3.80. The highest BCUT2D eigenvalue weighted by Crippen LogP contribution is 2.30. The molecule has 0 fully saturated rings. The number of nitrogens with zero attached hydrogens (tertiary/aromatic N) is 4. The molecule has 0 aliphatic carbocycles. The van der Waals surface area contributed by atoms with E-state index in [4.69, 9.17) is 0 Å². The molecule has 0 saturated carbocycles. The number of nitrogens with one attached hydrogen (secondary N) is 1. The highest BCUT2D eigenvalue weighted by molar-refractivity contribution is 5.99. The molecule has 112 valence electrons.